The summed E-state index contributed by atoms with van der Waals surface area (Å²) in [5.74, 6) is 0. The minimum Gasteiger partial charge on any atom is -0.384 e. The summed E-state index contributed by atoms with van der Waals surface area (Å²) < 4.78 is 37.3. The molecule has 18 heavy (non-hydrogen) atoms. The summed E-state index contributed by atoms with van der Waals surface area (Å²) in [6.07, 6.45) is -3.45. The zero-order chi connectivity index (χ0) is 14.0. The van der Waals surface area contributed by atoms with E-state index in [1.165, 1.54) is 6.07 Å². The van der Waals surface area contributed by atoms with Crippen LogP contribution in [0.4, 0.5) is 18.9 Å². The molecule has 0 saturated carbocycles. The molecule has 0 aliphatic heterocycles. The molecule has 1 rings (SSSR count). The van der Waals surface area contributed by atoms with Gasteiger partial charge in [0.25, 0.3) is 0 Å². The van der Waals surface area contributed by atoms with Gasteiger partial charge in [-0.1, -0.05) is 32.4 Å². The molecule has 1 nitrogen and oxygen atoms in total. The van der Waals surface area contributed by atoms with Crippen molar-refractivity contribution in [2.24, 2.45) is 5.41 Å². The first kappa shape index (κ1) is 15.2. The molecular formula is C13H17ClF3N. The average Bonchev–Trinajstić information content (AvgIpc) is 2.17. The molecular weight excluding hydrogens is 263 g/mol. The number of rotatable bonds is 3. The van der Waals surface area contributed by atoms with E-state index in [4.69, 9.17) is 11.6 Å². The van der Waals surface area contributed by atoms with Gasteiger partial charge in [-0.3, -0.25) is 0 Å². The van der Waals surface area contributed by atoms with Crippen molar-refractivity contribution in [2.75, 3.05) is 11.9 Å². The predicted octanol–water partition coefficient (Wildman–Crippen LogP) is 5.21. The lowest BCUT2D eigenvalue weighted by atomic mass is 9.92. The number of nitrogens with one attached hydrogen (secondary N) is 1. The lowest BCUT2D eigenvalue weighted by Gasteiger charge is -2.19. The van der Waals surface area contributed by atoms with Crippen LogP contribution in [0.1, 0.15) is 32.8 Å². The van der Waals surface area contributed by atoms with Crippen LogP contribution in [0, 0.1) is 5.41 Å². The summed E-state index contributed by atoms with van der Waals surface area (Å²) >= 11 is 5.82. The Hall–Kier alpha value is -0.900. The van der Waals surface area contributed by atoms with E-state index in [-0.39, 0.29) is 10.4 Å². The lowest BCUT2D eigenvalue weighted by Crippen LogP contribution is -2.13. The van der Waals surface area contributed by atoms with Crippen molar-refractivity contribution in [3.63, 3.8) is 0 Å². The fourth-order valence-electron chi connectivity index (χ4n) is 1.41. The number of anilines is 1. The highest BCUT2D eigenvalue weighted by Crippen LogP contribution is 2.33. The molecule has 0 saturated heterocycles. The summed E-state index contributed by atoms with van der Waals surface area (Å²) in [4.78, 5) is 0. The smallest absolute Gasteiger partial charge is 0.384 e. The first-order chi connectivity index (χ1) is 8.09. The molecule has 1 aromatic carbocycles. The van der Waals surface area contributed by atoms with Crippen LogP contribution in [0.5, 0.6) is 0 Å². The Morgan fingerprint density at radius 3 is 2.22 bits per heavy atom. The zero-order valence-corrected chi connectivity index (χ0v) is 11.4. The van der Waals surface area contributed by atoms with Crippen LogP contribution in [-0.2, 0) is 6.18 Å². The molecule has 0 bridgehead atoms. The van der Waals surface area contributed by atoms with Crippen molar-refractivity contribution < 1.29 is 13.2 Å². The van der Waals surface area contributed by atoms with Crippen molar-refractivity contribution in [3.8, 4) is 0 Å². The number of benzene rings is 1. The minimum atomic E-state index is -4.35. The van der Waals surface area contributed by atoms with Gasteiger partial charge in [0.2, 0.25) is 0 Å². The van der Waals surface area contributed by atoms with Crippen LogP contribution in [0.25, 0.3) is 0 Å². The molecule has 0 radical (unpaired) electrons. The summed E-state index contributed by atoms with van der Waals surface area (Å²) in [6.45, 7) is 6.98. The Morgan fingerprint density at radius 1 is 1.17 bits per heavy atom. The molecule has 0 fully saturated rings. The molecule has 0 atom stereocenters. The Kier molecular flexibility index (Phi) is 4.54. The Morgan fingerprint density at radius 2 is 1.78 bits per heavy atom. The maximum Gasteiger partial charge on any atom is 0.416 e. The van der Waals surface area contributed by atoms with Crippen LogP contribution in [0.2, 0.25) is 5.02 Å². The molecule has 0 aliphatic carbocycles. The minimum absolute atomic E-state index is 0.0961. The van der Waals surface area contributed by atoms with Gasteiger partial charge >= 0.3 is 6.18 Å². The molecule has 1 N–H and O–H groups in total. The van der Waals surface area contributed by atoms with E-state index < -0.39 is 11.7 Å². The van der Waals surface area contributed by atoms with Gasteiger partial charge < -0.3 is 5.32 Å². The van der Waals surface area contributed by atoms with Gasteiger partial charge in [-0.25, -0.2) is 0 Å². The first-order valence-corrected chi connectivity index (χ1v) is 6.08. The number of alkyl halides is 3. The molecule has 0 spiro atoms. The third-order valence-corrected chi connectivity index (χ3v) is 2.80. The summed E-state index contributed by atoms with van der Waals surface area (Å²) in [5.41, 5.74) is -0.0199. The van der Waals surface area contributed by atoms with Crippen LogP contribution in [0.3, 0.4) is 0 Å². The van der Waals surface area contributed by atoms with E-state index in [9.17, 15) is 13.2 Å². The fourth-order valence-corrected chi connectivity index (χ4v) is 1.65. The van der Waals surface area contributed by atoms with E-state index in [1.807, 2.05) is 0 Å². The Bertz CT molecular complexity index is 408. The van der Waals surface area contributed by atoms with Gasteiger partial charge in [0, 0.05) is 6.54 Å². The van der Waals surface area contributed by atoms with Crippen LogP contribution >= 0.6 is 11.6 Å². The number of halogens is 4. The second kappa shape index (κ2) is 5.39. The lowest BCUT2D eigenvalue weighted by molar-refractivity contribution is -0.137. The van der Waals surface area contributed by atoms with E-state index in [1.54, 1.807) is 0 Å². The molecule has 0 aromatic heterocycles. The highest BCUT2D eigenvalue weighted by Gasteiger charge is 2.30. The van der Waals surface area contributed by atoms with E-state index >= 15 is 0 Å². The Balaban J connectivity index is 2.69. The maximum atomic E-state index is 12.4. The van der Waals surface area contributed by atoms with Gasteiger partial charge in [0.15, 0.2) is 0 Å². The molecule has 5 heteroatoms. The van der Waals surface area contributed by atoms with Crippen molar-refractivity contribution in [1.82, 2.24) is 0 Å². The van der Waals surface area contributed by atoms with Gasteiger partial charge in [-0.15, -0.1) is 0 Å². The van der Waals surface area contributed by atoms with Crippen molar-refractivity contribution in [3.05, 3.63) is 28.8 Å². The maximum absolute atomic E-state index is 12.4. The summed E-state index contributed by atoms with van der Waals surface area (Å²) in [6, 6.07) is 3.35. The third-order valence-electron chi connectivity index (χ3n) is 2.49. The fraction of sp³-hybridized carbons (Fsp3) is 0.538. The molecule has 102 valence electrons. The van der Waals surface area contributed by atoms with Gasteiger partial charge in [-0.2, -0.15) is 13.2 Å². The second-order valence-electron chi connectivity index (χ2n) is 5.43. The van der Waals surface area contributed by atoms with E-state index in [0.29, 0.717) is 12.2 Å². The van der Waals surface area contributed by atoms with E-state index in [0.717, 1.165) is 18.6 Å². The topological polar surface area (TPSA) is 12.0 Å². The molecule has 0 amide bonds. The van der Waals surface area contributed by atoms with Gasteiger partial charge in [0.05, 0.1) is 16.3 Å². The molecule has 0 heterocycles. The SMILES string of the molecule is CC(C)(C)CCNc1ccc(C(F)(F)F)cc1Cl. The highest BCUT2D eigenvalue weighted by atomic mass is 35.5. The van der Waals surface area contributed by atoms with Crippen molar-refractivity contribution in [2.45, 2.75) is 33.4 Å². The highest BCUT2D eigenvalue weighted by molar-refractivity contribution is 6.33. The van der Waals surface area contributed by atoms with Gasteiger partial charge in [0.1, 0.15) is 0 Å². The van der Waals surface area contributed by atoms with Gasteiger partial charge in [-0.05, 0) is 30.0 Å². The zero-order valence-electron chi connectivity index (χ0n) is 10.7. The average molecular weight is 280 g/mol. The van der Waals surface area contributed by atoms with Crippen molar-refractivity contribution in [1.29, 1.82) is 0 Å². The normalized spacial score (nSPS) is 12.6. The first-order valence-electron chi connectivity index (χ1n) is 5.70. The predicted molar refractivity (Wildman–Crippen MR) is 69.0 cm³/mol. The van der Waals surface area contributed by atoms with Crippen LogP contribution < -0.4 is 5.32 Å². The summed E-state index contributed by atoms with van der Waals surface area (Å²) in [5, 5.41) is 3.14. The molecule has 1 aromatic rings. The van der Waals surface area contributed by atoms with Crippen molar-refractivity contribution >= 4 is 17.3 Å². The molecule has 0 aliphatic rings. The van der Waals surface area contributed by atoms with Crippen LogP contribution in [-0.4, -0.2) is 6.54 Å². The molecule has 0 unspecified atom stereocenters. The second-order valence-corrected chi connectivity index (χ2v) is 5.84. The third kappa shape index (κ3) is 4.77. The summed E-state index contributed by atoms with van der Waals surface area (Å²) in [7, 11) is 0. The standard InChI is InChI=1S/C13H17ClF3N/c1-12(2,3)6-7-18-11-5-4-9(8-10(11)14)13(15,16)17/h4-5,8,18H,6-7H2,1-3H3. The quantitative estimate of drug-likeness (QED) is 0.801. The number of hydrogen-bond acceptors (Lipinski definition) is 1. The van der Waals surface area contributed by atoms with E-state index in [2.05, 4.69) is 26.1 Å². The van der Waals surface area contributed by atoms with Crippen LogP contribution in [0.15, 0.2) is 18.2 Å². The monoisotopic (exact) mass is 279 g/mol. The largest absolute Gasteiger partial charge is 0.416 e. The Labute approximate surface area is 110 Å². The number of hydrogen-bond donors (Lipinski definition) is 1.